The van der Waals surface area contributed by atoms with Crippen LogP contribution in [0.15, 0.2) is 39.9 Å². The first-order valence-electron chi connectivity index (χ1n) is 9.20. The summed E-state index contributed by atoms with van der Waals surface area (Å²) in [5.74, 6) is 1.20. The van der Waals surface area contributed by atoms with Crippen molar-refractivity contribution < 1.29 is 4.52 Å². The first kappa shape index (κ1) is 16.2. The molecule has 1 aliphatic rings. The van der Waals surface area contributed by atoms with E-state index in [-0.39, 0.29) is 17.5 Å². The predicted molar refractivity (Wildman–Crippen MR) is 101 cm³/mol. The Kier molecular flexibility index (Phi) is 3.61. The van der Waals surface area contributed by atoms with Gasteiger partial charge in [-0.05, 0) is 38.9 Å². The molecule has 4 aromatic rings. The van der Waals surface area contributed by atoms with E-state index in [0.29, 0.717) is 22.9 Å². The van der Waals surface area contributed by atoms with E-state index in [4.69, 9.17) is 4.52 Å². The van der Waals surface area contributed by atoms with Gasteiger partial charge in [-0.1, -0.05) is 17.3 Å². The molecule has 1 aliphatic heterocycles. The quantitative estimate of drug-likeness (QED) is 0.600. The van der Waals surface area contributed by atoms with Crippen molar-refractivity contribution in [3.63, 3.8) is 0 Å². The van der Waals surface area contributed by atoms with Crippen LogP contribution in [0.25, 0.3) is 28.1 Å². The van der Waals surface area contributed by atoms with Crippen molar-refractivity contribution in [2.24, 2.45) is 0 Å². The lowest BCUT2D eigenvalue weighted by Gasteiger charge is -2.15. The summed E-state index contributed by atoms with van der Waals surface area (Å²) in [7, 11) is 0. The largest absolute Gasteiger partial charge is 0.332 e. The fraction of sp³-hybridized carbons (Fsp3) is 0.368. The van der Waals surface area contributed by atoms with Crippen LogP contribution in [0.3, 0.4) is 0 Å². The second kappa shape index (κ2) is 6.02. The smallest absolute Gasteiger partial charge is 0.278 e. The van der Waals surface area contributed by atoms with Gasteiger partial charge in [0, 0.05) is 18.5 Å². The lowest BCUT2D eigenvalue weighted by Crippen LogP contribution is -2.24. The molecular formula is C19H20N6O2. The molecule has 1 fully saturated rings. The summed E-state index contributed by atoms with van der Waals surface area (Å²) in [6, 6.07) is 7.83. The molecule has 1 unspecified atom stereocenters. The summed E-state index contributed by atoms with van der Waals surface area (Å²) < 4.78 is 9.08. The molecule has 1 atom stereocenters. The van der Waals surface area contributed by atoms with E-state index in [0.717, 1.165) is 30.5 Å². The maximum absolute atomic E-state index is 13.3. The van der Waals surface area contributed by atoms with Gasteiger partial charge >= 0.3 is 0 Å². The highest BCUT2D eigenvalue weighted by atomic mass is 16.5. The van der Waals surface area contributed by atoms with E-state index < -0.39 is 0 Å². The van der Waals surface area contributed by atoms with Gasteiger partial charge in [-0.3, -0.25) is 9.20 Å². The van der Waals surface area contributed by atoms with Gasteiger partial charge in [-0.25, -0.2) is 4.98 Å². The monoisotopic (exact) mass is 364 g/mol. The highest BCUT2D eigenvalue weighted by Crippen LogP contribution is 2.26. The minimum Gasteiger partial charge on any atom is -0.332 e. The van der Waals surface area contributed by atoms with Crippen LogP contribution < -0.4 is 10.9 Å². The topological polar surface area (TPSA) is 90.2 Å². The van der Waals surface area contributed by atoms with Crippen molar-refractivity contribution in [1.29, 1.82) is 0 Å². The molecular weight excluding hydrogens is 344 g/mol. The van der Waals surface area contributed by atoms with Gasteiger partial charge in [0.15, 0.2) is 11.5 Å². The summed E-state index contributed by atoms with van der Waals surface area (Å²) in [5.41, 5.74) is 2.57. The van der Waals surface area contributed by atoms with Crippen molar-refractivity contribution in [1.82, 2.24) is 29.4 Å². The van der Waals surface area contributed by atoms with Crippen LogP contribution in [0.1, 0.15) is 38.1 Å². The summed E-state index contributed by atoms with van der Waals surface area (Å²) in [5, 5.41) is 7.43. The number of benzene rings is 1. The molecule has 1 N–H and O–H groups in total. The second-order valence-electron chi connectivity index (χ2n) is 7.22. The van der Waals surface area contributed by atoms with Crippen LogP contribution >= 0.6 is 0 Å². The molecule has 0 amide bonds. The minimum atomic E-state index is -0.113. The summed E-state index contributed by atoms with van der Waals surface area (Å²) in [6.45, 7) is 5.79. The van der Waals surface area contributed by atoms with Crippen molar-refractivity contribution in [3.8, 4) is 11.6 Å². The maximum Gasteiger partial charge on any atom is 0.278 e. The minimum absolute atomic E-state index is 0.0120. The number of fused-ring (bicyclic) bond motifs is 3. The van der Waals surface area contributed by atoms with E-state index in [1.807, 2.05) is 42.5 Å². The van der Waals surface area contributed by atoms with Crippen LogP contribution in [0.2, 0.25) is 0 Å². The van der Waals surface area contributed by atoms with Crippen molar-refractivity contribution in [2.75, 3.05) is 13.1 Å². The van der Waals surface area contributed by atoms with E-state index >= 15 is 0 Å². The highest BCUT2D eigenvalue weighted by molar-refractivity contribution is 5.83. The van der Waals surface area contributed by atoms with E-state index in [1.165, 1.54) is 0 Å². The fourth-order valence-corrected chi connectivity index (χ4v) is 3.87. The normalized spacial score (nSPS) is 17.5. The second-order valence-corrected chi connectivity index (χ2v) is 7.22. The Balaban J connectivity index is 1.76. The van der Waals surface area contributed by atoms with E-state index in [1.54, 1.807) is 10.9 Å². The molecule has 5 rings (SSSR count). The first-order valence-corrected chi connectivity index (χ1v) is 9.20. The standard InChI is InChI=1S/C19H20N6O2/c1-11(2)25-14-6-4-3-5-13(14)24-10-21-15(16(24)19(25)26)18-22-17(23-27-18)12-7-8-20-9-12/h3-6,10-12,20H,7-9H2,1-2H3. The Labute approximate surface area is 154 Å². The number of imidazole rings is 1. The third-order valence-corrected chi connectivity index (χ3v) is 5.18. The first-order chi connectivity index (χ1) is 13.1. The molecule has 0 spiro atoms. The third kappa shape index (κ3) is 2.40. The number of nitrogens with zero attached hydrogens (tertiary/aromatic N) is 5. The van der Waals surface area contributed by atoms with Gasteiger partial charge < -0.3 is 14.4 Å². The Morgan fingerprint density at radius 2 is 2.07 bits per heavy atom. The molecule has 138 valence electrons. The molecule has 3 aromatic heterocycles. The van der Waals surface area contributed by atoms with Crippen LogP contribution in [-0.4, -0.2) is 37.2 Å². The summed E-state index contributed by atoms with van der Waals surface area (Å²) >= 11 is 0. The van der Waals surface area contributed by atoms with Crippen LogP contribution in [-0.2, 0) is 0 Å². The average Bonchev–Trinajstić information content (AvgIpc) is 3.40. The fourth-order valence-electron chi connectivity index (χ4n) is 3.87. The zero-order valence-corrected chi connectivity index (χ0v) is 15.2. The molecule has 8 nitrogen and oxygen atoms in total. The van der Waals surface area contributed by atoms with Gasteiger partial charge in [0.25, 0.3) is 11.4 Å². The van der Waals surface area contributed by atoms with Crippen molar-refractivity contribution in [2.45, 2.75) is 32.2 Å². The Morgan fingerprint density at radius 3 is 2.81 bits per heavy atom. The summed E-state index contributed by atoms with van der Waals surface area (Å²) in [6.07, 6.45) is 2.63. The molecule has 0 radical (unpaired) electrons. The molecule has 1 saturated heterocycles. The number of hydrogen-bond donors (Lipinski definition) is 1. The van der Waals surface area contributed by atoms with Gasteiger partial charge in [0.1, 0.15) is 11.8 Å². The van der Waals surface area contributed by atoms with Crippen LogP contribution in [0.5, 0.6) is 0 Å². The third-order valence-electron chi connectivity index (χ3n) is 5.18. The number of aromatic nitrogens is 5. The molecule has 4 heterocycles. The van der Waals surface area contributed by atoms with Crippen molar-refractivity contribution in [3.05, 3.63) is 46.8 Å². The number of hydrogen-bond acceptors (Lipinski definition) is 6. The van der Waals surface area contributed by atoms with E-state index in [9.17, 15) is 4.79 Å². The zero-order chi connectivity index (χ0) is 18.5. The Hall–Kier alpha value is -3.00. The Bertz CT molecular complexity index is 1200. The number of para-hydroxylation sites is 2. The van der Waals surface area contributed by atoms with Crippen LogP contribution in [0.4, 0.5) is 0 Å². The SMILES string of the molecule is CC(C)n1c(=O)c2c(-c3nc(C4CCNC4)no3)ncn2c2ccccc21. The van der Waals surface area contributed by atoms with Crippen LogP contribution in [0, 0.1) is 0 Å². The predicted octanol–water partition coefficient (Wildman–Crippen LogP) is 2.36. The maximum atomic E-state index is 13.3. The molecule has 27 heavy (non-hydrogen) atoms. The average molecular weight is 364 g/mol. The van der Waals surface area contributed by atoms with E-state index in [2.05, 4.69) is 20.4 Å². The summed E-state index contributed by atoms with van der Waals surface area (Å²) in [4.78, 5) is 22.3. The molecule has 0 aliphatic carbocycles. The Morgan fingerprint density at radius 1 is 1.26 bits per heavy atom. The van der Waals surface area contributed by atoms with Gasteiger partial charge in [0.05, 0.1) is 11.0 Å². The van der Waals surface area contributed by atoms with Gasteiger partial charge in [-0.15, -0.1) is 0 Å². The molecule has 1 aromatic carbocycles. The lowest BCUT2D eigenvalue weighted by molar-refractivity contribution is 0.416. The zero-order valence-electron chi connectivity index (χ0n) is 15.2. The lowest BCUT2D eigenvalue weighted by atomic mass is 10.1. The molecule has 0 saturated carbocycles. The molecule has 0 bridgehead atoms. The number of nitrogens with one attached hydrogen (secondary N) is 1. The number of rotatable bonds is 3. The van der Waals surface area contributed by atoms with Gasteiger partial charge in [0.2, 0.25) is 0 Å². The molecule has 8 heteroatoms. The van der Waals surface area contributed by atoms with Crippen molar-refractivity contribution >= 4 is 16.6 Å². The van der Waals surface area contributed by atoms with Gasteiger partial charge in [-0.2, -0.15) is 4.98 Å². The highest BCUT2D eigenvalue weighted by Gasteiger charge is 2.25.